The molecule has 2 aromatic rings. The highest BCUT2D eigenvalue weighted by atomic mass is 32.2. The molecule has 2 unspecified atom stereocenters. The molecule has 2 heterocycles. The number of amides is 1. The first-order valence-electron chi connectivity index (χ1n) is 8.74. The fourth-order valence-electron chi connectivity index (χ4n) is 3.49. The van der Waals surface area contributed by atoms with Crippen molar-refractivity contribution in [2.24, 2.45) is 11.7 Å². The second-order valence-electron chi connectivity index (χ2n) is 6.94. The van der Waals surface area contributed by atoms with Crippen LogP contribution in [0.4, 0.5) is 0 Å². The average Bonchev–Trinajstić information content (AvgIpc) is 3.07. The number of sulfonamides is 1. The SMILES string of the molecule is CS(=O)(=O)N1CC(CC(=O)c2ccc(-n3ccccc3=O)cc2)CC1C(N)=O. The van der Waals surface area contributed by atoms with E-state index in [1.807, 2.05) is 0 Å². The summed E-state index contributed by atoms with van der Waals surface area (Å²) in [6.45, 7) is 0.0929. The summed E-state index contributed by atoms with van der Waals surface area (Å²) in [7, 11) is -3.58. The summed E-state index contributed by atoms with van der Waals surface area (Å²) >= 11 is 0. The monoisotopic (exact) mass is 403 g/mol. The zero-order valence-electron chi connectivity index (χ0n) is 15.3. The van der Waals surface area contributed by atoms with Crippen LogP contribution in [0.3, 0.4) is 0 Å². The molecule has 0 radical (unpaired) electrons. The van der Waals surface area contributed by atoms with Gasteiger partial charge in [-0.25, -0.2) is 8.42 Å². The molecule has 9 heteroatoms. The highest BCUT2D eigenvalue weighted by Gasteiger charge is 2.41. The van der Waals surface area contributed by atoms with Crippen LogP contribution in [-0.2, 0) is 14.8 Å². The smallest absolute Gasteiger partial charge is 0.255 e. The summed E-state index contributed by atoms with van der Waals surface area (Å²) in [5.74, 6) is -1.15. The Balaban J connectivity index is 1.72. The van der Waals surface area contributed by atoms with Crippen LogP contribution in [0.1, 0.15) is 23.2 Å². The molecule has 1 saturated heterocycles. The van der Waals surface area contributed by atoms with Crippen LogP contribution in [0.2, 0.25) is 0 Å². The number of Topliss-reactive ketones (excluding diaryl/α,β-unsaturated/α-hetero) is 1. The molecule has 0 aliphatic carbocycles. The Morgan fingerprint density at radius 1 is 1.14 bits per heavy atom. The van der Waals surface area contributed by atoms with Crippen LogP contribution < -0.4 is 11.3 Å². The number of benzene rings is 1. The number of hydrogen-bond acceptors (Lipinski definition) is 5. The Morgan fingerprint density at radius 3 is 2.36 bits per heavy atom. The highest BCUT2D eigenvalue weighted by Crippen LogP contribution is 2.29. The molecule has 3 rings (SSSR count). The number of pyridine rings is 1. The van der Waals surface area contributed by atoms with Gasteiger partial charge in [0.15, 0.2) is 5.78 Å². The van der Waals surface area contributed by atoms with E-state index in [0.29, 0.717) is 11.3 Å². The van der Waals surface area contributed by atoms with E-state index in [9.17, 15) is 22.8 Å². The van der Waals surface area contributed by atoms with Gasteiger partial charge in [0.2, 0.25) is 15.9 Å². The number of ketones is 1. The van der Waals surface area contributed by atoms with Crippen LogP contribution >= 0.6 is 0 Å². The van der Waals surface area contributed by atoms with Crippen molar-refractivity contribution in [3.05, 3.63) is 64.6 Å². The van der Waals surface area contributed by atoms with Gasteiger partial charge in [-0.3, -0.25) is 19.0 Å². The van der Waals surface area contributed by atoms with Crippen molar-refractivity contribution in [1.82, 2.24) is 8.87 Å². The zero-order chi connectivity index (χ0) is 20.5. The third-order valence-corrected chi connectivity index (χ3v) is 6.12. The molecule has 1 fully saturated rings. The molecule has 1 amide bonds. The first-order valence-corrected chi connectivity index (χ1v) is 10.6. The quantitative estimate of drug-likeness (QED) is 0.706. The minimum atomic E-state index is -3.58. The number of hydrogen-bond donors (Lipinski definition) is 1. The molecule has 8 nitrogen and oxygen atoms in total. The number of nitrogens with two attached hydrogens (primary N) is 1. The molecule has 28 heavy (non-hydrogen) atoms. The summed E-state index contributed by atoms with van der Waals surface area (Å²) < 4.78 is 26.2. The van der Waals surface area contributed by atoms with E-state index < -0.39 is 22.0 Å². The number of carbonyl (C=O) groups excluding carboxylic acids is 2. The Morgan fingerprint density at radius 2 is 1.82 bits per heavy atom. The maximum absolute atomic E-state index is 12.6. The van der Waals surface area contributed by atoms with Gasteiger partial charge in [0.05, 0.1) is 6.26 Å². The van der Waals surface area contributed by atoms with Crippen molar-refractivity contribution in [2.75, 3.05) is 12.8 Å². The Kier molecular flexibility index (Phi) is 5.48. The van der Waals surface area contributed by atoms with Crippen molar-refractivity contribution >= 4 is 21.7 Å². The van der Waals surface area contributed by atoms with Gasteiger partial charge in [0.25, 0.3) is 5.56 Å². The lowest BCUT2D eigenvalue weighted by Crippen LogP contribution is -2.43. The van der Waals surface area contributed by atoms with E-state index in [-0.39, 0.29) is 36.6 Å². The van der Waals surface area contributed by atoms with Gasteiger partial charge in [-0.2, -0.15) is 4.31 Å². The summed E-state index contributed by atoms with van der Waals surface area (Å²) in [5.41, 5.74) is 6.24. The standard InChI is InChI=1S/C19H21N3O5S/c1-28(26,27)22-12-13(10-16(22)19(20)25)11-17(23)14-5-7-15(8-6-14)21-9-3-2-4-18(21)24/h2-9,13,16H,10-12H2,1H3,(H2,20,25). The van der Waals surface area contributed by atoms with Crippen LogP contribution in [0.5, 0.6) is 0 Å². The van der Waals surface area contributed by atoms with Crippen molar-refractivity contribution in [3.8, 4) is 5.69 Å². The van der Waals surface area contributed by atoms with Gasteiger partial charge in [0, 0.05) is 36.5 Å². The van der Waals surface area contributed by atoms with E-state index in [0.717, 1.165) is 10.6 Å². The van der Waals surface area contributed by atoms with E-state index in [2.05, 4.69) is 0 Å². The molecule has 0 saturated carbocycles. The van der Waals surface area contributed by atoms with Crippen molar-refractivity contribution in [2.45, 2.75) is 18.9 Å². The number of rotatable bonds is 6. The predicted octanol–water partition coefficient (Wildman–Crippen LogP) is 0.546. The van der Waals surface area contributed by atoms with Gasteiger partial charge in [0.1, 0.15) is 6.04 Å². The van der Waals surface area contributed by atoms with E-state index in [1.165, 1.54) is 10.6 Å². The highest BCUT2D eigenvalue weighted by molar-refractivity contribution is 7.88. The fraction of sp³-hybridized carbons (Fsp3) is 0.316. The average molecular weight is 403 g/mol. The molecule has 2 atom stereocenters. The first kappa shape index (κ1) is 20.0. The fourth-order valence-corrected chi connectivity index (χ4v) is 4.62. The Bertz CT molecular complexity index is 1060. The van der Waals surface area contributed by atoms with Crippen LogP contribution in [-0.4, -0.2) is 47.8 Å². The van der Waals surface area contributed by atoms with E-state index in [1.54, 1.807) is 42.6 Å². The third-order valence-electron chi connectivity index (χ3n) is 4.86. The topological polar surface area (TPSA) is 120 Å². The molecule has 148 valence electrons. The van der Waals surface area contributed by atoms with Gasteiger partial charge < -0.3 is 5.73 Å². The Hall–Kier alpha value is -2.78. The van der Waals surface area contributed by atoms with Gasteiger partial charge >= 0.3 is 0 Å². The van der Waals surface area contributed by atoms with Crippen molar-refractivity contribution < 1.29 is 18.0 Å². The minimum Gasteiger partial charge on any atom is -0.368 e. The molecular formula is C19H21N3O5S. The summed E-state index contributed by atoms with van der Waals surface area (Å²) in [6.07, 6.45) is 3.00. The normalized spacial score (nSPS) is 20.2. The van der Waals surface area contributed by atoms with E-state index >= 15 is 0 Å². The lowest BCUT2D eigenvalue weighted by Gasteiger charge is -2.18. The summed E-state index contributed by atoms with van der Waals surface area (Å²) in [6, 6.07) is 10.5. The third kappa shape index (κ3) is 4.20. The van der Waals surface area contributed by atoms with Gasteiger partial charge in [-0.05, 0) is 42.7 Å². The largest absolute Gasteiger partial charge is 0.368 e. The summed E-state index contributed by atoms with van der Waals surface area (Å²) in [4.78, 5) is 36.0. The molecule has 1 aliphatic heterocycles. The Labute approximate surface area is 162 Å². The van der Waals surface area contributed by atoms with Crippen LogP contribution in [0, 0.1) is 5.92 Å². The van der Waals surface area contributed by atoms with E-state index in [4.69, 9.17) is 5.73 Å². The lowest BCUT2D eigenvalue weighted by molar-refractivity contribution is -0.121. The molecule has 1 aliphatic rings. The van der Waals surface area contributed by atoms with Crippen molar-refractivity contribution in [1.29, 1.82) is 0 Å². The number of nitrogens with zero attached hydrogens (tertiary/aromatic N) is 2. The second kappa shape index (κ2) is 7.69. The zero-order valence-corrected chi connectivity index (χ0v) is 16.1. The molecule has 1 aromatic heterocycles. The first-order chi connectivity index (χ1) is 13.2. The minimum absolute atomic E-state index is 0.0929. The van der Waals surface area contributed by atoms with Gasteiger partial charge in [-0.1, -0.05) is 6.07 Å². The molecular weight excluding hydrogens is 382 g/mol. The summed E-state index contributed by atoms with van der Waals surface area (Å²) in [5, 5.41) is 0. The lowest BCUT2D eigenvalue weighted by atomic mass is 9.95. The number of primary amides is 1. The molecule has 2 N–H and O–H groups in total. The molecule has 1 aromatic carbocycles. The molecule has 0 spiro atoms. The number of carbonyl (C=O) groups is 2. The van der Waals surface area contributed by atoms with Crippen molar-refractivity contribution in [3.63, 3.8) is 0 Å². The van der Waals surface area contributed by atoms with Gasteiger partial charge in [-0.15, -0.1) is 0 Å². The predicted molar refractivity (Wildman–Crippen MR) is 104 cm³/mol. The maximum atomic E-state index is 12.6. The second-order valence-corrected chi connectivity index (χ2v) is 8.87. The maximum Gasteiger partial charge on any atom is 0.255 e. The molecule has 0 bridgehead atoms. The number of aromatic nitrogens is 1. The van der Waals surface area contributed by atoms with Crippen LogP contribution in [0.25, 0.3) is 5.69 Å². The van der Waals surface area contributed by atoms with Crippen LogP contribution in [0.15, 0.2) is 53.5 Å².